The Morgan fingerprint density at radius 1 is 0.767 bits per heavy atom. The Balaban J connectivity index is 1.76. The van der Waals surface area contributed by atoms with Crippen molar-refractivity contribution < 1.29 is 17.7 Å². The number of aryl methyl sites for hydroxylation is 1. The molecule has 0 aromatic heterocycles. The third kappa shape index (κ3) is 9.31. The smallest absolute Gasteiger partial charge is 0.298 e. The summed E-state index contributed by atoms with van der Waals surface area (Å²) in [4.78, 5) is -0.174. The van der Waals surface area contributed by atoms with Gasteiger partial charge in [0.05, 0.1) is 0 Å². The van der Waals surface area contributed by atoms with E-state index in [0.717, 1.165) is 24.8 Å². The van der Waals surface area contributed by atoms with E-state index in [4.69, 9.17) is 4.74 Å². The summed E-state index contributed by atoms with van der Waals surface area (Å²) >= 11 is 0. The second kappa shape index (κ2) is 13.5. The highest BCUT2D eigenvalue weighted by atomic mass is 32.2. The maximum absolute atomic E-state index is 11.8. The second-order valence-corrected chi connectivity index (χ2v) is 9.35. The van der Waals surface area contributed by atoms with Gasteiger partial charge in [-0.15, -0.1) is 0 Å². The van der Waals surface area contributed by atoms with E-state index in [9.17, 15) is 13.0 Å². The molecule has 2 aromatic rings. The molecule has 0 heterocycles. The van der Waals surface area contributed by atoms with Crippen LogP contribution in [0.3, 0.4) is 0 Å². The predicted molar refractivity (Wildman–Crippen MR) is 123 cm³/mol. The van der Waals surface area contributed by atoms with Gasteiger partial charge in [-0.2, -0.15) is 8.42 Å². The summed E-state index contributed by atoms with van der Waals surface area (Å²) in [5.41, 5.74) is 0.902. The summed E-state index contributed by atoms with van der Waals surface area (Å²) in [5, 5.41) is 0. The first-order chi connectivity index (χ1) is 14.5. The van der Waals surface area contributed by atoms with Crippen LogP contribution in [0.15, 0.2) is 53.4 Å². The Morgan fingerprint density at radius 3 is 1.90 bits per heavy atom. The Kier molecular flexibility index (Phi) is 11.0. The summed E-state index contributed by atoms with van der Waals surface area (Å²) in [6, 6.07) is 14.0. The van der Waals surface area contributed by atoms with Gasteiger partial charge in [-0.25, -0.2) is 0 Å². The number of benzene rings is 2. The highest BCUT2D eigenvalue weighted by Gasteiger charge is 2.18. The molecular weight excluding hydrogens is 396 g/mol. The number of unbranched alkanes of at least 4 members (excludes halogenated alkanes) is 10. The highest BCUT2D eigenvalue weighted by Crippen LogP contribution is 2.30. The van der Waals surface area contributed by atoms with Crippen molar-refractivity contribution in [1.82, 2.24) is 0 Å². The van der Waals surface area contributed by atoms with Gasteiger partial charge in [0.2, 0.25) is 0 Å². The van der Waals surface area contributed by atoms with Gasteiger partial charge in [0, 0.05) is 0 Å². The Morgan fingerprint density at radius 2 is 1.33 bits per heavy atom. The van der Waals surface area contributed by atoms with Gasteiger partial charge in [0.15, 0.2) is 0 Å². The van der Waals surface area contributed by atoms with Crippen molar-refractivity contribution in [2.45, 2.75) is 88.9 Å². The number of hydrogen-bond donors (Lipinski definition) is 1. The fourth-order valence-corrected chi connectivity index (χ4v) is 4.27. The van der Waals surface area contributed by atoms with Gasteiger partial charge in [-0.3, -0.25) is 4.55 Å². The molecule has 0 saturated heterocycles. The van der Waals surface area contributed by atoms with Crippen LogP contribution in [-0.2, 0) is 16.5 Å². The monoisotopic (exact) mass is 432 g/mol. The van der Waals surface area contributed by atoms with Crippen molar-refractivity contribution in [2.24, 2.45) is 0 Å². The molecule has 166 valence electrons. The standard InChI is InChI=1S/C25H36O4S/c1-2-3-4-5-6-7-8-9-10-11-13-16-22-19-20-24(25(21-22)30(26,27)28)29-23-17-14-12-15-18-23/h12,14-15,17-21H,2-11,13,16H2,1H3,(H,26,27,28). The first-order valence-electron chi connectivity index (χ1n) is 11.3. The molecule has 0 aliphatic carbocycles. The summed E-state index contributed by atoms with van der Waals surface area (Å²) in [7, 11) is -4.36. The molecule has 0 saturated carbocycles. The summed E-state index contributed by atoms with van der Waals surface area (Å²) < 4.78 is 39.0. The molecule has 0 bridgehead atoms. The number of ether oxygens (including phenoxy) is 1. The van der Waals surface area contributed by atoms with Crippen molar-refractivity contribution in [1.29, 1.82) is 0 Å². The minimum absolute atomic E-state index is 0.145. The van der Waals surface area contributed by atoms with E-state index in [0.29, 0.717) is 5.75 Å². The third-order valence-electron chi connectivity index (χ3n) is 5.33. The van der Waals surface area contributed by atoms with Crippen molar-refractivity contribution in [3.8, 4) is 11.5 Å². The van der Waals surface area contributed by atoms with Crippen LogP contribution in [0.4, 0.5) is 0 Å². The van der Waals surface area contributed by atoms with Gasteiger partial charge in [0.1, 0.15) is 16.4 Å². The zero-order valence-corrected chi connectivity index (χ0v) is 19.0. The van der Waals surface area contributed by atoms with Crippen LogP contribution in [-0.4, -0.2) is 13.0 Å². The molecule has 0 radical (unpaired) electrons. The molecule has 2 aromatic carbocycles. The molecule has 30 heavy (non-hydrogen) atoms. The van der Waals surface area contributed by atoms with Crippen LogP contribution in [0.5, 0.6) is 11.5 Å². The van der Waals surface area contributed by atoms with E-state index < -0.39 is 10.1 Å². The molecular formula is C25H36O4S. The van der Waals surface area contributed by atoms with Crippen LogP contribution in [0.2, 0.25) is 0 Å². The Bertz CT molecular complexity index is 831. The van der Waals surface area contributed by atoms with E-state index in [2.05, 4.69) is 6.92 Å². The summed E-state index contributed by atoms with van der Waals surface area (Å²) in [5.74, 6) is 0.673. The molecule has 0 unspecified atom stereocenters. The summed E-state index contributed by atoms with van der Waals surface area (Å²) in [6.07, 6.45) is 14.8. The molecule has 0 aliphatic rings. The first kappa shape index (κ1) is 24.4. The van der Waals surface area contributed by atoms with Crippen molar-refractivity contribution in [3.63, 3.8) is 0 Å². The van der Waals surface area contributed by atoms with E-state index >= 15 is 0 Å². The molecule has 0 fully saturated rings. The summed E-state index contributed by atoms with van der Waals surface area (Å²) in [6.45, 7) is 2.25. The fraction of sp³-hybridized carbons (Fsp3) is 0.520. The van der Waals surface area contributed by atoms with Gasteiger partial charge in [-0.1, -0.05) is 95.4 Å². The van der Waals surface area contributed by atoms with Crippen LogP contribution >= 0.6 is 0 Å². The Labute approximate surface area is 182 Å². The molecule has 4 nitrogen and oxygen atoms in total. The lowest BCUT2D eigenvalue weighted by molar-refractivity contribution is 0.449. The lowest BCUT2D eigenvalue weighted by atomic mass is 10.0. The van der Waals surface area contributed by atoms with Crippen LogP contribution in [0, 0.1) is 0 Å². The second-order valence-electron chi connectivity index (χ2n) is 7.96. The molecule has 1 N–H and O–H groups in total. The molecule has 2 rings (SSSR count). The fourth-order valence-electron chi connectivity index (χ4n) is 3.60. The Hall–Kier alpha value is -1.85. The maximum atomic E-state index is 11.8. The van der Waals surface area contributed by atoms with E-state index in [1.165, 1.54) is 63.9 Å². The molecule has 5 heteroatoms. The lowest BCUT2D eigenvalue weighted by Gasteiger charge is -2.11. The molecule has 0 amide bonds. The van der Waals surface area contributed by atoms with Gasteiger partial charge in [-0.05, 0) is 42.7 Å². The topological polar surface area (TPSA) is 63.6 Å². The minimum atomic E-state index is -4.36. The van der Waals surface area contributed by atoms with Crippen molar-refractivity contribution in [2.75, 3.05) is 0 Å². The average molecular weight is 433 g/mol. The van der Waals surface area contributed by atoms with E-state index in [1.807, 2.05) is 24.3 Å². The quantitative estimate of drug-likeness (QED) is 0.233. The SMILES string of the molecule is CCCCCCCCCCCCCc1ccc(Oc2ccccc2)c(S(=O)(=O)O)c1. The van der Waals surface area contributed by atoms with Gasteiger partial charge >= 0.3 is 0 Å². The van der Waals surface area contributed by atoms with Crippen molar-refractivity contribution >= 4 is 10.1 Å². The van der Waals surface area contributed by atoms with Gasteiger partial charge in [0.25, 0.3) is 10.1 Å². The van der Waals surface area contributed by atoms with E-state index in [-0.39, 0.29) is 10.6 Å². The van der Waals surface area contributed by atoms with Crippen molar-refractivity contribution in [3.05, 3.63) is 54.1 Å². The van der Waals surface area contributed by atoms with Crippen LogP contribution in [0.1, 0.15) is 83.1 Å². The lowest BCUT2D eigenvalue weighted by Crippen LogP contribution is -2.02. The first-order valence-corrected chi connectivity index (χ1v) is 12.8. The largest absolute Gasteiger partial charge is 0.456 e. The number of rotatable bonds is 15. The number of hydrogen-bond acceptors (Lipinski definition) is 3. The highest BCUT2D eigenvalue weighted by molar-refractivity contribution is 7.86. The molecule has 0 spiro atoms. The zero-order chi connectivity index (χ0) is 21.7. The number of para-hydroxylation sites is 1. The third-order valence-corrected chi connectivity index (χ3v) is 6.20. The van der Waals surface area contributed by atoms with Gasteiger partial charge < -0.3 is 4.74 Å². The van der Waals surface area contributed by atoms with Crippen LogP contribution in [0.25, 0.3) is 0 Å². The average Bonchev–Trinajstić information content (AvgIpc) is 2.73. The zero-order valence-electron chi connectivity index (χ0n) is 18.2. The normalized spacial score (nSPS) is 11.5. The maximum Gasteiger partial charge on any atom is 0.298 e. The molecule has 0 atom stereocenters. The van der Waals surface area contributed by atoms with Crippen LogP contribution < -0.4 is 4.74 Å². The minimum Gasteiger partial charge on any atom is -0.456 e. The predicted octanol–water partition coefficient (Wildman–Crippen LogP) is 7.58. The van der Waals surface area contributed by atoms with E-state index in [1.54, 1.807) is 18.2 Å². The molecule has 0 aliphatic heterocycles.